The van der Waals surface area contributed by atoms with E-state index in [-0.39, 0.29) is 12.8 Å². The summed E-state index contributed by atoms with van der Waals surface area (Å²) in [5.41, 5.74) is 3.30. The van der Waals surface area contributed by atoms with Crippen LogP contribution in [0.15, 0.2) is 48.5 Å². The Hall–Kier alpha value is -2.62. The summed E-state index contributed by atoms with van der Waals surface area (Å²) >= 11 is 0. The highest BCUT2D eigenvalue weighted by atomic mass is 16.4. The van der Waals surface area contributed by atoms with Gasteiger partial charge in [-0.05, 0) is 28.7 Å². The summed E-state index contributed by atoms with van der Waals surface area (Å²) < 4.78 is 0. The Bertz CT molecular complexity index is 647. The number of rotatable bonds is 6. The molecule has 4 heteroatoms. The van der Waals surface area contributed by atoms with Gasteiger partial charge in [0.05, 0.1) is 12.8 Å². The molecule has 0 aromatic heterocycles. The van der Waals surface area contributed by atoms with E-state index in [1.807, 2.05) is 36.4 Å². The minimum atomic E-state index is -0.924. The predicted molar refractivity (Wildman–Crippen MR) is 78.4 cm³/mol. The van der Waals surface area contributed by atoms with Gasteiger partial charge >= 0.3 is 11.9 Å². The average molecular weight is 284 g/mol. The van der Waals surface area contributed by atoms with Crippen LogP contribution < -0.4 is 0 Å². The molecule has 108 valence electrons. The average Bonchev–Trinajstić information content (AvgIpc) is 2.41. The minimum absolute atomic E-state index is 0.0990. The molecule has 2 aromatic rings. The maximum Gasteiger partial charge on any atom is 0.307 e. The highest BCUT2D eigenvalue weighted by molar-refractivity contribution is 5.72. The van der Waals surface area contributed by atoms with Gasteiger partial charge in [0, 0.05) is 0 Å². The number of benzene rings is 2. The Morgan fingerprint density at radius 2 is 1.43 bits per heavy atom. The first-order valence-electron chi connectivity index (χ1n) is 6.63. The van der Waals surface area contributed by atoms with E-state index in [1.54, 1.807) is 12.1 Å². The second kappa shape index (κ2) is 6.70. The number of hydrogen-bond donors (Lipinski definition) is 2. The summed E-state index contributed by atoms with van der Waals surface area (Å²) in [5, 5.41) is 17.8. The lowest BCUT2D eigenvalue weighted by atomic mass is 9.95. The van der Waals surface area contributed by atoms with Gasteiger partial charge in [0.2, 0.25) is 0 Å². The van der Waals surface area contributed by atoms with Crippen molar-refractivity contribution in [1.82, 2.24) is 0 Å². The second-order valence-electron chi connectivity index (χ2n) is 4.91. The van der Waals surface area contributed by atoms with Gasteiger partial charge in [-0.25, -0.2) is 0 Å². The molecule has 2 rings (SSSR count). The van der Waals surface area contributed by atoms with Crippen molar-refractivity contribution in [2.24, 2.45) is 0 Å². The van der Waals surface area contributed by atoms with Crippen molar-refractivity contribution >= 4 is 11.9 Å². The van der Waals surface area contributed by atoms with E-state index in [1.165, 1.54) is 0 Å². The summed E-state index contributed by atoms with van der Waals surface area (Å²) in [5.74, 6) is -1.84. The third-order valence-electron chi connectivity index (χ3n) is 3.21. The normalized spacial score (nSPS) is 10.3. The molecule has 2 N–H and O–H groups in total. The van der Waals surface area contributed by atoms with Crippen LogP contribution in [0, 0.1) is 0 Å². The van der Waals surface area contributed by atoms with E-state index < -0.39 is 11.9 Å². The molecule has 0 saturated carbocycles. The predicted octanol–water partition coefficient (Wildman–Crippen LogP) is 2.53. The zero-order valence-corrected chi connectivity index (χ0v) is 11.5. The summed E-state index contributed by atoms with van der Waals surface area (Å²) in [4.78, 5) is 21.8. The number of carboxylic acid groups (broad SMARTS) is 2. The molecule has 0 fully saturated rings. The lowest BCUT2D eigenvalue weighted by Gasteiger charge is -2.10. The molecule has 0 amide bonds. The number of carbonyl (C=O) groups is 2. The van der Waals surface area contributed by atoms with Gasteiger partial charge in [0.15, 0.2) is 0 Å². The van der Waals surface area contributed by atoms with Gasteiger partial charge in [-0.1, -0.05) is 48.5 Å². The quantitative estimate of drug-likeness (QED) is 0.854. The van der Waals surface area contributed by atoms with Crippen molar-refractivity contribution in [2.75, 3.05) is 0 Å². The van der Waals surface area contributed by atoms with E-state index >= 15 is 0 Å². The van der Waals surface area contributed by atoms with Crippen molar-refractivity contribution in [2.45, 2.75) is 19.3 Å². The zero-order valence-electron chi connectivity index (χ0n) is 11.5. The number of hydrogen-bond acceptors (Lipinski definition) is 2. The summed E-state index contributed by atoms with van der Waals surface area (Å²) in [6.45, 7) is 0. The molecule has 0 aliphatic rings. The molecule has 0 aliphatic heterocycles. The topological polar surface area (TPSA) is 74.6 Å². The van der Waals surface area contributed by atoms with Crippen molar-refractivity contribution in [1.29, 1.82) is 0 Å². The first kappa shape index (κ1) is 14.8. The van der Waals surface area contributed by atoms with Gasteiger partial charge in [-0.15, -0.1) is 0 Å². The smallest absolute Gasteiger partial charge is 0.307 e. The largest absolute Gasteiger partial charge is 0.481 e. The van der Waals surface area contributed by atoms with E-state index in [4.69, 9.17) is 10.2 Å². The molecular weight excluding hydrogens is 268 g/mol. The Balaban J connectivity index is 2.30. The zero-order chi connectivity index (χ0) is 15.2. The Kier molecular flexibility index (Phi) is 4.72. The SMILES string of the molecule is O=C(O)Cc1ccc(Cc2ccccc2)c(CC(=O)O)c1. The van der Waals surface area contributed by atoms with Gasteiger partial charge in [-0.2, -0.15) is 0 Å². The summed E-state index contributed by atoms with van der Waals surface area (Å²) in [6.07, 6.45) is 0.435. The first-order chi connectivity index (χ1) is 10.0. The molecule has 0 unspecified atom stereocenters. The Morgan fingerprint density at radius 3 is 2.05 bits per heavy atom. The van der Waals surface area contributed by atoms with Crippen LogP contribution >= 0.6 is 0 Å². The fraction of sp³-hybridized carbons (Fsp3) is 0.176. The molecular formula is C17H16O4. The number of aliphatic carboxylic acids is 2. The van der Waals surface area contributed by atoms with Crippen LogP contribution in [0.25, 0.3) is 0 Å². The lowest BCUT2D eigenvalue weighted by molar-refractivity contribution is -0.137. The number of carboxylic acids is 2. The molecule has 0 heterocycles. The molecule has 21 heavy (non-hydrogen) atoms. The van der Waals surface area contributed by atoms with Crippen LogP contribution in [-0.4, -0.2) is 22.2 Å². The van der Waals surface area contributed by atoms with Crippen molar-refractivity contribution in [3.63, 3.8) is 0 Å². The first-order valence-corrected chi connectivity index (χ1v) is 6.63. The maximum absolute atomic E-state index is 11.0. The molecule has 2 aromatic carbocycles. The van der Waals surface area contributed by atoms with E-state index in [0.717, 1.165) is 11.1 Å². The van der Waals surface area contributed by atoms with Crippen molar-refractivity contribution < 1.29 is 19.8 Å². The maximum atomic E-state index is 11.0. The van der Waals surface area contributed by atoms with Gasteiger partial charge in [0.25, 0.3) is 0 Å². The van der Waals surface area contributed by atoms with Crippen LogP contribution in [0.3, 0.4) is 0 Å². The summed E-state index contributed by atoms with van der Waals surface area (Å²) in [7, 11) is 0. The third-order valence-corrected chi connectivity index (χ3v) is 3.21. The fourth-order valence-electron chi connectivity index (χ4n) is 2.28. The molecule has 0 radical (unpaired) electrons. The van der Waals surface area contributed by atoms with Crippen LogP contribution in [0.4, 0.5) is 0 Å². The molecule has 0 aliphatic carbocycles. The molecule has 0 bridgehead atoms. The van der Waals surface area contributed by atoms with E-state index in [2.05, 4.69) is 0 Å². The molecule has 0 spiro atoms. The van der Waals surface area contributed by atoms with E-state index in [9.17, 15) is 9.59 Å². The van der Waals surface area contributed by atoms with Crippen molar-refractivity contribution in [3.8, 4) is 0 Å². The standard InChI is InChI=1S/C17H16O4/c18-16(19)10-13-6-7-14(15(9-13)11-17(20)21)8-12-4-2-1-3-5-12/h1-7,9H,8,10-11H2,(H,18,19)(H,20,21). The highest BCUT2D eigenvalue weighted by Crippen LogP contribution is 2.18. The second-order valence-corrected chi connectivity index (χ2v) is 4.91. The van der Waals surface area contributed by atoms with Crippen LogP contribution in [0.5, 0.6) is 0 Å². The molecule has 4 nitrogen and oxygen atoms in total. The van der Waals surface area contributed by atoms with Gasteiger partial charge in [-0.3, -0.25) is 9.59 Å². The Labute approximate surface area is 122 Å². The van der Waals surface area contributed by atoms with E-state index in [0.29, 0.717) is 17.5 Å². The minimum Gasteiger partial charge on any atom is -0.481 e. The molecule has 0 saturated heterocycles. The third kappa shape index (κ3) is 4.45. The lowest BCUT2D eigenvalue weighted by Crippen LogP contribution is -2.07. The van der Waals surface area contributed by atoms with Crippen LogP contribution in [-0.2, 0) is 28.9 Å². The van der Waals surface area contributed by atoms with Crippen molar-refractivity contribution in [3.05, 3.63) is 70.8 Å². The highest BCUT2D eigenvalue weighted by Gasteiger charge is 2.10. The fourth-order valence-corrected chi connectivity index (χ4v) is 2.28. The van der Waals surface area contributed by atoms with Crippen LogP contribution in [0.1, 0.15) is 22.3 Å². The van der Waals surface area contributed by atoms with Gasteiger partial charge < -0.3 is 10.2 Å². The van der Waals surface area contributed by atoms with Crippen LogP contribution in [0.2, 0.25) is 0 Å². The van der Waals surface area contributed by atoms with Gasteiger partial charge in [0.1, 0.15) is 0 Å². The Morgan fingerprint density at radius 1 is 0.762 bits per heavy atom. The summed E-state index contributed by atoms with van der Waals surface area (Å²) in [6, 6.07) is 15.0. The molecule has 0 atom stereocenters. The monoisotopic (exact) mass is 284 g/mol.